The fourth-order valence-corrected chi connectivity index (χ4v) is 4.85. The van der Waals surface area contributed by atoms with Gasteiger partial charge >= 0.3 is 0 Å². The summed E-state index contributed by atoms with van der Waals surface area (Å²) in [6, 6.07) is 9.42. The van der Waals surface area contributed by atoms with E-state index in [-0.39, 0.29) is 5.69 Å². The van der Waals surface area contributed by atoms with Crippen molar-refractivity contribution >= 4 is 40.4 Å². The van der Waals surface area contributed by atoms with Crippen LogP contribution in [0.2, 0.25) is 10.0 Å². The minimum Gasteiger partial charge on any atom is -0.364 e. The van der Waals surface area contributed by atoms with E-state index >= 15 is 0 Å². The van der Waals surface area contributed by atoms with E-state index in [0.29, 0.717) is 28.1 Å². The van der Waals surface area contributed by atoms with Crippen LogP contribution in [0.25, 0.3) is 16.3 Å². The number of hydrogen-bond donors (Lipinski definition) is 1. The monoisotopic (exact) mass is 421 g/mol. The maximum absolute atomic E-state index is 12.0. The summed E-state index contributed by atoms with van der Waals surface area (Å²) in [5.74, 6) is 0.0230. The van der Waals surface area contributed by atoms with E-state index in [4.69, 9.17) is 28.9 Å². The van der Waals surface area contributed by atoms with Gasteiger partial charge in [-0.25, -0.2) is 4.68 Å². The maximum Gasteiger partial charge on any atom is 0.269 e. The van der Waals surface area contributed by atoms with Gasteiger partial charge in [0.05, 0.1) is 21.3 Å². The highest BCUT2D eigenvalue weighted by molar-refractivity contribution is 7.15. The van der Waals surface area contributed by atoms with Crippen LogP contribution in [-0.2, 0) is 12.8 Å². The van der Waals surface area contributed by atoms with Gasteiger partial charge in [0.2, 0.25) is 0 Å². The largest absolute Gasteiger partial charge is 0.364 e. The number of halogens is 2. The molecule has 0 saturated heterocycles. The average Bonchev–Trinajstić information content (AvgIpc) is 3.18. The summed E-state index contributed by atoms with van der Waals surface area (Å²) in [6.45, 7) is 6.38. The molecule has 0 unspecified atom stereocenters. The van der Waals surface area contributed by atoms with Gasteiger partial charge in [-0.2, -0.15) is 5.10 Å². The van der Waals surface area contributed by atoms with Gasteiger partial charge in [-0.3, -0.25) is 4.79 Å². The third-order valence-corrected chi connectivity index (χ3v) is 5.86. The molecule has 0 aliphatic carbocycles. The van der Waals surface area contributed by atoms with Crippen molar-refractivity contribution < 1.29 is 4.79 Å². The van der Waals surface area contributed by atoms with Gasteiger partial charge in [0.1, 0.15) is 0 Å². The third kappa shape index (κ3) is 4.05. The molecule has 2 heterocycles. The molecule has 3 aromatic rings. The predicted octanol–water partition coefficient (Wildman–Crippen LogP) is 5.77. The van der Waals surface area contributed by atoms with Crippen LogP contribution in [0.1, 0.15) is 41.7 Å². The lowest BCUT2D eigenvalue weighted by molar-refractivity contribution is 0.0994. The summed E-state index contributed by atoms with van der Waals surface area (Å²) >= 11 is 14.2. The number of thiophene rings is 1. The van der Waals surface area contributed by atoms with E-state index in [9.17, 15) is 4.79 Å². The Hall–Kier alpha value is -1.82. The van der Waals surface area contributed by atoms with Crippen molar-refractivity contribution in [1.82, 2.24) is 9.78 Å². The van der Waals surface area contributed by atoms with Crippen molar-refractivity contribution in [3.8, 4) is 16.3 Å². The fourth-order valence-electron chi connectivity index (χ4n) is 3.08. The first-order valence-electron chi connectivity index (χ1n) is 8.78. The van der Waals surface area contributed by atoms with Crippen molar-refractivity contribution in [2.24, 2.45) is 11.7 Å². The van der Waals surface area contributed by atoms with Gasteiger partial charge in [-0.1, -0.05) is 44.0 Å². The number of benzene rings is 1. The van der Waals surface area contributed by atoms with Crippen LogP contribution in [0.5, 0.6) is 0 Å². The molecule has 1 amide bonds. The van der Waals surface area contributed by atoms with Gasteiger partial charge in [-0.15, -0.1) is 11.3 Å². The summed E-state index contributed by atoms with van der Waals surface area (Å²) in [5.41, 5.74) is 8.22. The number of amides is 1. The second-order valence-electron chi connectivity index (χ2n) is 6.77. The van der Waals surface area contributed by atoms with E-state index in [1.165, 1.54) is 4.88 Å². The van der Waals surface area contributed by atoms with Gasteiger partial charge in [0, 0.05) is 15.5 Å². The zero-order valence-electron chi connectivity index (χ0n) is 15.4. The average molecular weight is 422 g/mol. The van der Waals surface area contributed by atoms with Crippen molar-refractivity contribution in [3.05, 3.63) is 56.5 Å². The first kappa shape index (κ1) is 19.9. The number of carbonyl (C=O) groups excluding carboxylic acids is 1. The number of nitrogens with zero attached hydrogens (tertiary/aromatic N) is 2. The molecule has 0 aliphatic rings. The molecular formula is C20H21Cl2N3OS. The topological polar surface area (TPSA) is 60.9 Å². The van der Waals surface area contributed by atoms with Gasteiger partial charge in [0.25, 0.3) is 5.91 Å². The summed E-state index contributed by atoms with van der Waals surface area (Å²) in [4.78, 5) is 14.3. The molecule has 2 aromatic heterocycles. The van der Waals surface area contributed by atoms with E-state index in [1.54, 1.807) is 34.2 Å². The van der Waals surface area contributed by atoms with Crippen molar-refractivity contribution in [3.63, 3.8) is 0 Å². The molecule has 0 spiro atoms. The van der Waals surface area contributed by atoms with Crippen LogP contribution in [-0.4, -0.2) is 15.7 Å². The summed E-state index contributed by atoms with van der Waals surface area (Å²) < 4.78 is 1.71. The predicted molar refractivity (Wildman–Crippen MR) is 113 cm³/mol. The lowest BCUT2D eigenvalue weighted by Crippen LogP contribution is -2.14. The van der Waals surface area contributed by atoms with Crippen molar-refractivity contribution in [1.29, 1.82) is 0 Å². The molecule has 27 heavy (non-hydrogen) atoms. The molecule has 3 rings (SSSR count). The number of carbonyl (C=O) groups is 1. The summed E-state index contributed by atoms with van der Waals surface area (Å²) in [5, 5.41) is 5.51. The minimum atomic E-state index is -0.545. The first-order chi connectivity index (χ1) is 12.8. The van der Waals surface area contributed by atoms with E-state index in [0.717, 1.165) is 22.6 Å². The third-order valence-electron chi connectivity index (χ3n) is 4.21. The zero-order chi connectivity index (χ0) is 19.7. The Labute approximate surface area is 172 Å². The molecule has 7 heteroatoms. The molecule has 0 atom stereocenters. The Balaban J connectivity index is 2.24. The molecule has 142 valence electrons. The van der Waals surface area contributed by atoms with Crippen LogP contribution in [0.4, 0.5) is 0 Å². The van der Waals surface area contributed by atoms with Crippen molar-refractivity contribution in [2.75, 3.05) is 0 Å². The molecule has 0 saturated carbocycles. The number of rotatable bonds is 6. The Bertz CT molecular complexity index is 991. The molecule has 4 nitrogen and oxygen atoms in total. The van der Waals surface area contributed by atoms with Crippen LogP contribution in [0.3, 0.4) is 0 Å². The van der Waals surface area contributed by atoms with Crippen LogP contribution >= 0.6 is 34.5 Å². The quantitative estimate of drug-likeness (QED) is 0.548. The molecule has 0 fully saturated rings. The highest BCUT2D eigenvalue weighted by atomic mass is 35.5. The Morgan fingerprint density at radius 2 is 2.00 bits per heavy atom. The molecule has 2 N–H and O–H groups in total. The lowest BCUT2D eigenvalue weighted by Gasteiger charge is -2.10. The second kappa shape index (κ2) is 8.05. The number of hydrogen-bond acceptors (Lipinski definition) is 3. The zero-order valence-corrected chi connectivity index (χ0v) is 17.8. The minimum absolute atomic E-state index is 0.275. The Kier molecular flexibility index (Phi) is 5.94. The standard InChI is InChI=1S/C20H21Cl2N3OS/c1-4-14-18(20(23)26)24-25(16-7-5-12(21)10-15(16)22)19(14)17-8-6-13(27-17)9-11(2)3/h5-8,10-11H,4,9H2,1-3H3,(H2,23,26). The first-order valence-corrected chi connectivity index (χ1v) is 10.3. The normalized spacial score (nSPS) is 11.3. The van der Waals surface area contributed by atoms with Gasteiger partial charge in [0.15, 0.2) is 5.69 Å². The second-order valence-corrected chi connectivity index (χ2v) is 8.78. The number of aromatic nitrogens is 2. The number of primary amides is 1. The van der Waals surface area contributed by atoms with E-state index in [1.807, 2.05) is 6.92 Å². The molecule has 0 radical (unpaired) electrons. The molecule has 1 aromatic carbocycles. The number of nitrogens with two attached hydrogens (primary N) is 1. The molecular weight excluding hydrogens is 401 g/mol. The summed E-state index contributed by atoms with van der Waals surface area (Å²) in [7, 11) is 0. The summed E-state index contributed by atoms with van der Waals surface area (Å²) in [6.07, 6.45) is 1.64. The Morgan fingerprint density at radius 3 is 2.59 bits per heavy atom. The Morgan fingerprint density at radius 1 is 1.26 bits per heavy atom. The molecule has 0 bridgehead atoms. The van der Waals surface area contributed by atoms with Crippen LogP contribution in [0, 0.1) is 5.92 Å². The van der Waals surface area contributed by atoms with E-state index < -0.39 is 5.91 Å². The van der Waals surface area contributed by atoms with Gasteiger partial charge in [-0.05, 0) is 49.1 Å². The smallest absolute Gasteiger partial charge is 0.269 e. The van der Waals surface area contributed by atoms with Crippen LogP contribution in [0.15, 0.2) is 30.3 Å². The maximum atomic E-state index is 12.0. The van der Waals surface area contributed by atoms with Crippen molar-refractivity contribution in [2.45, 2.75) is 33.6 Å². The van der Waals surface area contributed by atoms with Gasteiger partial charge < -0.3 is 5.73 Å². The highest BCUT2D eigenvalue weighted by Crippen LogP contribution is 2.37. The van der Waals surface area contributed by atoms with E-state index in [2.05, 4.69) is 31.1 Å². The fraction of sp³-hybridized carbons (Fsp3) is 0.300. The lowest BCUT2D eigenvalue weighted by atomic mass is 10.1. The molecule has 0 aliphatic heterocycles. The highest BCUT2D eigenvalue weighted by Gasteiger charge is 2.24. The SMILES string of the molecule is CCc1c(C(N)=O)nn(-c2ccc(Cl)cc2Cl)c1-c1ccc(CC(C)C)s1. The van der Waals surface area contributed by atoms with Crippen LogP contribution < -0.4 is 5.73 Å².